The lowest BCUT2D eigenvalue weighted by atomic mass is 10.1. The van der Waals surface area contributed by atoms with Crippen LogP contribution in [0.25, 0.3) is 11.1 Å². The number of methoxy groups -OCH3 is 1. The van der Waals surface area contributed by atoms with E-state index in [9.17, 15) is 0 Å². The van der Waals surface area contributed by atoms with Crippen molar-refractivity contribution in [2.24, 2.45) is 0 Å². The van der Waals surface area contributed by atoms with E-state index in [-0.39, 0.29) is 6.10 Å². The van der Waals surface area contributed by atoms with Crippen LogP contribution in [0, 0.1) is 0 Å². The van der Waals surface area contributed by atoms with Gasteiger partial charge in [-0.25, -0.2) is 0 Å². The summed E-state index contributed by atoms with van der Waals surface area (Å²) in [6, 6.07) is 3.91. The number of hydrogen-bond donors (Lipinski definition) is 2. The van der Waals surface area contributed by atoms with Crippen molar-refractivity contribution >= 4 is 21.7 Å². The van der Waals surface area contributed by atoms with E-state index >= 15 is 0 Å². The number of benzene rings is 1. The van der Waals surface area contributed by atoms with E-state index in [4.69, 9.17) is 15.2 Å². The zero-order valence-corrected chi connectivity index (χ0v) is 13.4. The fourth-order valence-corrected chi connectivity index (χ4v) is 3.22. The van der Waals surface area contributed by atoms with Crippen molar-refractivity contribution in [1.82, 2.24) is 10.2 Å². The van der Waals surface area contributed by atoms with Crippen molar-refractivity contribution in [2.45, 2.75) is 31.8 Å². The molecular weight excluding hydrogens is 334 g/mol. The fraction of sp³-hybridized carbons (Fsp3) is 0.400. The highest BCUT2D eigenvalue weighted by molar-refractivity contribution is 9.10. The van der Waals surface area contributed by atoms with Gasteiger partial charge in [-0.3, -0.25) is 5.10 Å². The van der Waals surface area contributed by atoms with E-state index in [1.165, 1.54) is 12.8 Å². The van der Waals surface area contributed by atoms with Crippen LogP contribution in [0.5, 0.6) is 11.5 Å². The Labute approximate surface area is 132 Å². The molecule has 112 valence electrons. The van der Waals surface area contributed by atoms with Gasteiger partial charge in [-0.2, -0.15) is 5.10 Å². The van der Waals surface area contributed by atoms with Gasteiger partial charge in [0.25, 0.3) is 0 Å². The molecule has 1 aromatic heterocycles. The molecule has 3 N–H and O–H groups in total. The Bertz CT molecular complexity index is 636. The van der Waals surface area contributed by atoms with Gasteiger partial charge in [0.1, 0.15) is 5.82 Å². The largest absolute Gasteiger partial charge is 0.493 e. The van der Waals surface area contributed by atoms with Gasteiger partial charge in [-0.1, -0.05) is 0 Å². The van der Waals surface area contributed by atoms with Gasteiger partial charge in [-0.15, -0.1) is 0 Å². The Morgan fingerprint density at radius 3 is 2.71 bits per heavy atom. The van der Waals surface area contributed by atoms with Crippen molar-refractivity contribution in [3.63, 3.8) is 0 Å². The van der Waals surface area contributed by atoms with Crippen molar-refractivity contribution in [3.8, 4) is 22.6 Å². The maximum Gasteiger partial charge on any atom is 0.175 e. The molecule has 0 bridgehead atoms. The smallest absolute Gasteiger partial charge is 0.175 e. The number of H-pyrrole nitrogens is 1. The number of nitrogens with one attached hydrogen (secondary N) is 1. The van der Waals surface area contributed by atoms with Gasteiger partial charge in [0, 0.05) is 5.56 Å². The summed E-state index contributed by atoms with van der Waals surface area (Å²) >= 11 is 3.58. The third-order valence-electron chi connectivity index (χ3n) is 3.80. The van der Waals surface area contributed by atoms with E-state index in [1.807, 2.05) is 12.1 Å². The second-order valence-corrected chi connectivity index (χ2v) is 6.07. The summed E-state index contributed by atoms with van der Waals surface area (Å²) in [5.74, 6) is 2.00. The SMILES string of the molecule is COc1cc(-c2cn[nH]c2N)cc(Br)c1OC1CCCC1. The van der Waals surface area contributed by atoms with Gasteiger partial charge >= 0.3 is 0 Å². The third kappa shape index (κ3) is 2.85. The predicted octanol–water partition coefficient (Wildman–Crippen LogP) is 3.75. The van der Waals surface area contributed by atoms with Crippen LogP contribution in [0.15, 0.2) is 22.8 Å². The summed E-state index contributed by atoms with van der Waals surface area (Å²) in [6.07, 6.45) is 6.65. The molecular formula is C15H18BrN3O2. The first kappa shape index (κ1) is 14.3. The van der Waals surface area contributed by atoms with E-state index < -0.39 is 0 Å². The van der Waals surface area contributed by atoms with Gasteiger partial charge in [0.2, 0.25) is 0 Å². The molecule has 6 heteroatoms. The topological polar surface area (TPSA) is 73.2 Å². The standard InChI is InChI=1S/C15H18BrN3O2/c1-20-13-7-9(11-8-18-19-15(11)17)6-12(16)14(13)21-10-4-2-3-5-10/h6-8,10H,2-5H2,1H3,(H3,17,18,19). The summed E-state index contributed by atoms with van der Waals surface area (Å²) in [5.41, 5.74) is 7.66. The Morgan fingerprint density at radius 2 is 2.10 bits per heavy atom. The maximum absolute atomic E-state index is 6.10. The first-order valence-electron chi connectivity index (χ1n) is 7.02. The number of hydrogen-bond acceptors (Lipinski definition) is 4. The second-order valence-electron chi connectivity index (χ2n) is 5.21. The number of anilines is 1. The van der Waals surface area contributed by atoms with E-state index in [0.29, 0.717) is 11.6 Å². The molecule has 0 atom stereocenters. The molecule has 0 spiro atoms. The maximum atomic E-state index is 6.10. The van der Waals surface area contributed by atoms with Crippen LogP contribution in [-0.4, -0.2) is 23.4 Å². The molecule has 0 radical (unpaired) electrons. The minimum absolute atomic E-state index is 0.278. The predicted molar refractivity (Wildman–Crippen MR) is 85.6 cm³/mol. The summed E-state index contributed by atoms with van der Waals surface area (Å²) in [6.45, 7) is 0. The first-order chi connectivity index (χ1) is 10.2. The summed E-state index contributed by atoms with van der Waals surface area (Å²) in [5, 5.41) is 6.69. The lowest BCUT2D eigenvalue weighted by Crippen LogP contribution is -2.12. The van der Waals surface area contributed by atoms with E-state index in [1.54, 1.807) is 13.3 Å². The van der Waals surface area contributed by atoms with Gasteiger partial charge in [0.15, 0.2) is 11.5 Å². The average Bonchev–Trinajstić information content (AvgIpc) is 3.12. The highest BCUT2D eigenvalue weighted by Crippen LogP contribution is 2.42. The highest BCUT2D eigenvalue weighted by atomic mass is 79.9. The van der Waals surface area contributed by atoms with Gasteiger partial charge in [-0.05, 0) is 59.3 Å². The van der Waals surface area contributed by atoms with Crippen molar-refractivity contribution in [3.05, 3.63) is 22.8 Å². The van der Waals surface area contributed by atoms with Crippen LogP contribution in [0.3, 0.4) is 0 Å². The Morgan fingerprint density at radius 1 is 1.33 bits per heavy atom. The van der Waals surface area contributed by atoms with Gasteiger partial charge in [0.05, 0.1) is 23.9 Å². The number of ether oxygens (including phenoxy) is 2. The Kier molecular flexibility index (Phi) is 4.05. The minimum atomic E-state index is 0.278. The molecule has 1 saturated carbocycles. The summed E-state index contributed by atoms with van der Waals surface area (Å²) < 4.78 is 12.5. The minimum Gasteiger partial charge on any atom is -0.493 e. The molecule has 21 heavy (non-hydrogen) atoms. The number of aromatic nitrogens is 2. The van der Waals surface area contributed by atoms with Crippen LogP contribution >= 0.6 is 15.9 Å². The molecule has 1 heterocycles. The molecule has 0 saturated heterocycles. The van der Waals surface area contributed by atoms with Crippen LogP contribution in [0.4, 0.5) is 5.82 Å². The Hall–Kier alpha value is -1.69. The summed E-state index contributed by atoms with van der Waals surface area (Å²) in [4.78, 5) is 0. The van der Waals surface area contributed by atoms with Gasteiger partial charge < -0.3 is 15.2 Å². The number of aromatic amines is 1. The van der Waals surface area contributed by atoms with Crippen molar-refractivity contribution in [1.29, 1.82) is 0 Å². The van der Waals surface area contributed by atoms with Crippen LogP contribution in [0.2, 0.25) is 0 Å². The number of nitrogen functional groups attached to an aromatic ring is 1. The highest BCUT2D eigenvalue weighted by Gasteiger charge is 2.21. The molecule has 1 fully saturated rings. The number of nitrogens with zero attached hydrogens (tertiary/aromatic N) is 1. The van der Waals surface area contributed by atoms with E-state index in [0.717, 1.165) is 34.2 Å². The molecule has 1 aromatic carbocycles. The molecule has 1 aliphatic carbocycles. The lowest BCUT2D eigenvalue weighted by molar-refractivity contribution is 0.199. The molecule has 0 amide bonds. The van der Waals surface area contributed by atoms with Crippen LogP contribution < -0.4 is 15.2 Å². The number of nitrogens with two attached hydrogens (primary N) is 1. The quantitative estimate of drug-likeness (QED) is 0.879. The lowest BCUT2D eigenvalue weighted by Gasteiger charge is -2.18. The number of halogens is 1. The normalized spacial score (nSPS) is 15.3. The molecule has 0 aliphatic heterocycles. The fourth-order valence-electron chi connectivity index (χ4n) is 2.69. The average molecular weight is 352 g/mol. The number of rotatable bonds is 4. The van der Waals surface area contributed by atoms with Crippen LogP contribution in [0.1, 0.15) is 25.7 Å². The monoisotopic (exact) mass is 351 g/mol. The molecule has 2 aromatic rings. The molecule has 0 unspecified atom stereocenters. The zero-order chi connectivity index (χ0) is 14.8. The molecule has 3 rings (SSSR count). The van der Waals surface area contributed by atoms with Crippen LogP contribution in [-0.2, 0) is 0 Å². The van der Waals surface area contributed by atoms with Crippen molar-refractivity contribution in [2.75, 3.05) is 12.8 Å². The molecule has 5 nitrogen and oxygen atoms in total. The Balaban J connectivity index is 1.96. The summed E-state index contributed by atoms with van der Waals surface area (Å²) in [7, 11) is 1.64. The third-order valence-corrected chi connectivity index (χ3v) is 4.39. The van der Waals surface area contributed by atoms with E-state index in [2.05, 4.69) is 26.1 Å². The second kappa shape index (κ2) is 5.97. The zero-order valence-electron chi connectivity index (χ0n) is 11.9. The first-order valence-corrected chi connectivity index (χ1v) is 7.81. The van der Waals surface area contributed by atoms with Crippen molar-refractivity contribution < 1.29 is 9.47 Å². The molecule has 1 aliphatic rings.